The fourth-order valence-corrected chi connectivity index (χ4v) is 5.27. The Bertz CT molecular complexity index is 1040. The molecule has 1 amide bonds. The molecule has 3 aliphatic heterocycles. The highest BCUT2D eigenvalue weighted by Gasteiger charge is 2.33. The Morgan fingerprint density at radius 3 is 2.82 bits per heavy atom. The summed E-state index contributed by atoms with van der Waals surface area (Å²) in [6.45, 7) is 1.77. The molecule has 1 atom stereocenters. The Kier molecular flexibility index (Phi) is 4.27. The second kappa shape index (κ2) is 6.81. The van der Waals surface area contributed by atoms with Crippen LogP contribution in [0.3, 0.4) is 0 Å². The molecule has 0 aliphatic carbocycles. The summed E-state index contributed by atoms with van der Waals surface area (Å²) < 4.78 is 1.78. The molecule has 0 N–H and O–H groups in total. The molecule has 1 fully saturated rings. The van der Waals surface area contributed by atoms with E-state index in [1.807, 2.05) is 24.3 Å². The number of carbonyl (C=O) groups excluding carboxylic acids is 1. The van der Waals surface area contributed by atoms with E-state index in [1.165, 1.54) is 12.0 Å². The number of allylic oxidation sites excluding steroid dienone is 2. The predicted octanol–water partition coefficient (Wildman–Crippen LogP) is 3.15. The molecule has 5 rings (SSSR count). The van der Waals surface area contributed by atoms with Gasteiger partial charge in [0.05, 0.1) is 4.91 Å². The molecule has 2 aromatic rings. The summed E-state index contributed by atoms with van der Waals surface area (Å²) in [6.07, 6.45) is 13.7. The molecule has 0 aromatic carbocycles. The number of aryl methyl sites for hydroxylation is 1. The molecule has 7 heteroatoms. The maximum atomic E-state index is 12.9. The largest absolute Gasteiger partial charge is 0.364 e. The molecular weight excluding hydrogens is 370 g/mol. The van der Waals surface area contributed by atoms with Gasteiger partial charge in [0.1, 0.15) is 5.37 Å². The van der Waals surface area contributed by atoms with Crippen LogP contribution in [0.15, 0.2) is 47.3 Å². The minimum Gasteiger partial charge on any atom is -0.364 e. The summed E-state index contributed by atoms with van der Waals surface area (Å²) in [5.41, 5.74) is 4.10. The summed E-state index contributed by atoms with van der Waals surface area (Å²) >= 11 is 1.66. The monoisotopic (exact) mass is 393 g/mol. The quantitative estimate of drug-likeness (QED) is 0.785. The van der Waals surface area contributed by atoms with Crippen LogP contribution in [0, 0.1) is 0 Å². The number of hydrogen-bond acceptors (Lipinski definition) is 5. The molecule has 6 nitrogen and oxygen atoms in total. The lowest BCUT2D eigenvalue weighted by Gasteiger charge is -2.29. The van der Waals surface area contributed by atoms with E-state index in [1.54, 1.807) is 16.4 Å². The molecule has 1 unspecified atom stereocenters. The van der Waals surface area contributed by atoms with Crippen LogP contribution in [0.5, 0.6) is 0 Å². The zero-order valence-electron chi connectivity index (χ0n) is 16.1. The molecule has 0 bridgehead atoms. The van der Waals surface area contributed by atoms with Crippen molar-refractivity contribution in [1.29, 1.82) is 0 Å². The first kappa shape index (κ1) is 17.6. The van der Waals surface area contributed by atoms with Crippen LogP contribution >= 0.6 is 11.8 Å². The number of pyridine rings is 1. The number of likely N-dealkylation sites (tertiary alicyclic amines) is 1. The van der Waals surface area contributed by atoms with E-state index < -0.39 is 0 Å². The summed E-state index contributed by atoms with van der Waals surface area (Å²) in [6, 6.07) is 2.12. The Balaban J connectivity index is 1.44. The molecule has 0 radical (unpaired) electrons. The van der Waals surface area contributed by atoms with Gasteiger partial charge >= 0.3 is 0 Å². The van der Waals surface area contributed by atoms with Gasteiger partial charge in [0, 0.05) is 56.7 Å². The van der Waals surface area contributed by atoms with Crippen LogP contribution in [0.25, 0.3) is 16.6 Å². The van der Waals surface area contributed by atoms with E-state index >= 15 is 0 Å². The minimum atomic E-state index is 0.169. The van der Waals surface area contributed by atoms with Crippen LogP contribution in [-0.2, 0) is 11.8 Å². The van der Waals surface area contributed by atoms with Gasteiger partial charge in [0.25, 0.3) is 5.91 Å². The Labute approximate surface area is 168 Å². The minimum absolute atomic E-state index is 0.169. The van der Waals surface area contributed by atoms with Crippen LogP contribution in [0.1, 0.15) is 24.8 Å². The average molecular weight is 394 g/mol. The number of piperidine rings is 1. The fourth-order valence-electron chi connectivity index (χ4n) is 4.09. The van der Waals surface area contributed by atoms with Gasteiger partial charge in [-0.1, -0.05) is 11.8 Å². The number of aromatic nitrogens is 3. The van der Waals surface area contributed by atoms with E-state index in [0.717, 1.165) is 53.0 Å². The molecule has 5 heterocycles. The highest BCUT2D eigenvalue weighted by atomic mass is 32.2. The molecule has 3 aliphatic rings. The highest BCUT2D eigenvalue weighted by molar-refractivity contribution is 8.05. The molecule has 144 valence electrons. The molecule has 2 aromatic heterocycles. The van der Waals surface area contributed by atoms with Crippen molar-refractivity contribution in [2.75, 3.05) is 20.1 Å². The van der Waals surface area contributed by atoms with Crippen molar-refractivity contribution in [3.05, 3.63) is 52.9 Å². The van der Waals surface area contributed by atoms with Crippen molar-refractivity contribution in [2.45, 2.75) is 24.6 Å². The third-order valence-electron chi connectivity index (χ3n) is 5.52. The van der Waals surface area contributed by atoms with Crippen molar-refractivity contribution < 1.29 is 4.79 Å². The fraction of sp³-hybridized carbons (Fsp3) is 0.381. The van der Waals surface area contributed by atoms with E-state index in [4.69, 9.17) is 0 Å². The number of thioether (sulfide) groups is 1. The third kappa shape index (κ3) is 3.03. The van der Waals surface area contributed by atoms with Crippen LogP contribution in [-0.4, -0.2) is 56.0 Å². The van der Waals surface area contributed by atoms with Crippen molar-refractivity contribution in [3.8, 4) is 0 Å². The van der Waals surface area contributed by atoms with Gasteiger partial charge in [-0.05, 0) is 48.6 Å². The van der Waals surface area contributed by atoms with Gasteiger partial charge in [0.2, 0.25) is 0 Å². The number of rotatable bonds is 2. The van der Waals surface area contributed by atoms with Crippen molar-refractivity contribution in [1.82, 2.24) is 24.6 Å². The molecule has 1 saturated heterocycles. The first-order valence-corrected chi connectivity index (χ1v) is 10.6. The van der Waals surface area contributed by atoms with Crippen LogP contribution in [0.2, 0.25) is 0 Å². The zero-order valence-corrected chi connectivity index (χ0v) is 16.9. The first-order valence-electron chi connectivity index (χ1n) is 9.71. The zero-order chi connectivity index (χ0) is 19.3. The normalized spacial score (nSPS) is 22.1. The van der Waals surface area contributed by atoms with Gasteiger partial charge < -0.3 is 9.80 Å². The van der Waals surface area contributed by atoms with E-state index in [2.05, 4.69) is 46.4 Å². The van der Waals surface area contributed by atoms with Crippen LogP contribution in [0.4, 0.5) is 0 Å². The first-order chi connectivity index (χ1) is 13.6. The van der Waals surface area contributed by atoms with Gasteiger partial charge in [-0.2, -0.15) is 5.10 Å². The Hall–Kier alpha value is -2.54. The van der Waals surface area contributed by atoms with Gasteiger partial charge in [-0.15, -0.1) is 0 Å². The Morgan fingerprint density at radius 2 is 2.00 bits per heavy atom. The lowest BCUT2D eigenvalue weighted by molar-refractivity contribution is -0.127. The van der Waals surface area contributed by atoms with E-state index in [0.29, 0.717) is 0 Å². The Morgan fingerprint density at radius 1 is 1.18 bits per heavy atom. The maximum Gasteiger partial charge on any atom is 0.260 e. The second-order valence-corrected chi connectivity index (χ2v) is 8.79. The number of fused-ring (bicyclic) bond motifs is 2. The topological polar surface area (TPSA) is 54.3 Å². The van der Waals surface area contributed by atoms with Crippen molar-refractivity contribution in [2.24, 2.45) is 7.05 Å². The molecule has 0 saturated carbocycles. The molecular formula is C21H23N5OS. The number of hydrogen-bond donors (Lipinski definition) is 0. The summed E-state index contributed by atoms with van der Waals surface area (Å²) in [5.74, 6) is 0.188. The summed E-state index contributed by atoms with van der Waals surface area (Å²) in [4.78, 5) is 22.5. The number of amides is 1. The van der Waals surface area contributed by atoms with E-state index in [9.17, 15) is 4.79 Å². The van der Waals surface area contributed by atoms with E-state index in [-0.39, 0.29) is 11.3 Å². The summed E-state index contributed by atoms with van der Waals surface area (Å²) in [5, 5.41) is 5.54. The average Bonchev–Trinajstić information content (AvgIpc) is 3.30. The van der Waals surface area contributed by atoms with Crippen molar-refractivity contribution >= 4 is 34.3 Å². The van der Waals surface area contributed by atoms with Gasteiger partial charge in [-0.25, -0.2) is 4.98 Å². The lowest BCUT2D eigenvalue weighted by Crippen LogP contribution is -2.36. The lowest BCUT2D eigenvalue weighted by atomic mass is 10.0. The third-order valence-corrected chi connectivity index (χ3v) is 6.89. The standard InChI is InChI=1S/C21H23N5OS/c1-24-12-16(15-9-17-13-25(2)23-19(17)22-11-15)8-14-10-18(28-21(14)24)20(27)26-6-4-3-5-7-26/h8-13,21H,3-7H2,1-2H3. The summed E-state index contributed by atoms with van der Waals surface area (Å²) in [7, 11) is 3.98. The SMILES string of the molecule is CN1C=C(c2cnc3nn(C)cc3c2)C=C2C=C(C(=O)N3CCCCC3)SC21. The smallest absolute Gasteiger partial charge is 0.260 e. The van der Waals surface area contributed by atoms with Gasteiger partial charge in [-0.3, -0.25) is 9.48 Å². The van der Waals surface area contributed by atoms with Gasteiger partial charge in [0.15, 0.2) is 5.65 Å². The number of likely N-dealkylation sites (N-methyl/N-ethyl adjacent to an activating group) is 1. The number of carbonyl (C=O) groups is 1. The molecule has 0 spiro atoms. The predicted molar refractivity (Wildman–Crippen MR) is 112 cm³/mol. The number of nitrogens with zero attached hydrogens (tertiary/aromatic N) is 5. The highest BCUT2D eigenvalue weighted by Crippen LogP contribution is 2.43. The second-order valence-electron chi connectivity index (χ2n) is 7.67. The van der Waals surface area contributed by atoms with Crippen LogP contribution < -0.4 is 0 Å². The molecule has 28 heavy (non-hydrogen) atoms. The van der Waals surface area contributed by atoms with Crippen molar-refractivity contribution in [3.63, 3.8) is 0 Å². The maximum absolute atomic E-state index is 12.9.